The average Bonchev–Trinajstić information content (AvgIpc) is 2.48. The zero-order chi connectivity index (χ0) is 14.5. The fourth-order valence-corrected chi connectivity index (χ4v) is 2.01. The number of hydrogen-bond acceptors (Lipinski definition) is 4. The van der Waals surface area contributed by atoms with Gasteiger partial charge in [0.2, 0.25) is 0 Å². The summed E-state index contributed by atoms with van der Waals surface area (Å²) in [6.45, 7) is 0.698. The fraction of sp³-hybridized carbons (Fsp3) is 0.200. The first kappa shape index (κ1) is 13.9. The molecule has 104 valence electrons. The monoisotopic (exact) mass is 270 g/mol. The molecule has 0 aliphatic rings. The molecule has 2 aromatic rings. The van der Waals surface area contributed by atoms with Gasteiger partial charge in [-0.05, 0) is 35.9 Å². The van der Waals surface area contributed by atoms with E-state index < -0.39 is 0 Å². The summed E-state index contributed by atoms with van der Waals surface area (Å²) in [6.07, 6.45) is 3.51. The zero-order valence-corrected chi connectivity index (χ0v) is 11.6. The Hall–Kier alpha value is -2.56. The van der Waals surface area contributed by atoms with Crippen molar-refractivity contribution in [3.05, 3.63) is 53.9 Å². The summed E-state index contributed by atoms with van der Waals surface area (Å²) in [4.78, 5) is 17.7. The van der Waals surface area contributed by atoms with E-state index in [0.717, 1.165) is 11.3 Å². The van der Waals surface area contributed by atoms with Gasteiger partial charge >= 0.3 is 0 Å². The summed E-state index contributed by atoms with van der Waals surface area (Å²) in [5.41, 5.74) is 9.21. The third kappa shape index (κ3) is 3.06. The number of rotatable bonds is 4. The molecule has 0 aliphatic carbocycles. The first-order chi connectivity index (χ1) is 9.61. The highest BCUT2D eigenvalue weighted by atomic mass is 16.1. The van der Waals surface area contributed by atoms with Crippen LogP contribution in [0.25, 0.3) is 0 Å². The Morgan fingerprint density at radius 3 is 2.65 bits per heavy atom. The van der Waals surface area contributed by atoms with E-state index in [2.05, 4.69) is 10.3 Å². The number of nitrogens with one attached hydrogen (secondary N) is 1. The maximum atomic E-state index is 11.7. The Kier molecular flexibility index (Phi) is 4.20. The highest BCUT2D eigenvalue weighted by Gasteiger charge is 2.10. The van der Waals surface area contributed by atoms with Gasteiger partial charge in [0.05, 0.1) is 11.4 Å². The molecule has 0 saturated heterocycles. The molecule has 1 aromatic heterocycles. The summed E-state index contributed by atoms with van der Waals surface area (Å²) < 4.78 is 0. The predicted molar refractivity (Wildman–Crippen MR) is 80.6 cm³/mol. The molecule has 0 bridgehead atoms. The number of amides is 1. The minimum atomic E-state index is -0.122. The van der Waals surface area contributed by atoms with Crippen molar-refractivity contribution < 1.29 is 4.79 Å². The lowest BCUT2D eigenvalue weighted by molar-refractivity contribution is 0.0963. The molecular formula is C15H18N4O. The highest BCUT2D eigenvalue weighted by Crippen LogP contribution is 2.25. The first-order valence-electron chi connectivity index (χ1n) is 6.33. The van der Waals surface area contributed by atoms with E-state index >= 15 is 0 Å². The zero-order valence-electron chi connectivity index (χ0n) is 11.6. The third-order valence-corrected chi connectivity index (χ3v) is 3.10. The maximum absolute atomic E-state index is 11.7. The first-order valence-corrected chi connectivity index (χ1v) is 6.33. The van der Waals surface area contributed by atoms with Crippen LogP contribution in [-0.4, -0.2) is 25.0 Å². The molecule has 1 heterocycles. The minimum absolute atomic E-state index is 0.122. The summed E-state index contributed by atoms with van der Waals surface area (Å²) in [5.74, 6) is -0.122. The molecule has 1 amide bonds. The average molecular weight is 270 g/mol. The lowest BCUT2D eigenvalue weighted by atomic mass is 10.1. The van der Waals surface area contributed by atoms with E-state index in [1.54, 1.807) is 37.6 Å². The largest absolute Gasteiger partial charge is 0.397 e. The van der Waals surface area contributed by atoms with Crippen molar-refractivity contribution in [2.75, 3.05) is 24.7 Å². The lowest BCUT2D eigenvalue weighted by Gasteiger charge is -2.21. The molecular weight excluding hydrogens is 252 g/mol. The molecule has 0 fully saturated rings. The second-order valence-electron chi connectivity index (χ2n) is 4.56. The van der Waals surface area contributed by atoms with Crippen LogP contribution < -0.4 is 16.0 Å². The number of nitrogen functional groups attached to an aromatic ring is 1. The number of hydrogen-bond donors (Lipinski definition) is 2. The Morgan fingerprint density at radius 1 is 1.30 bits per heavy atom. The molecule has 1 aromatic carbocycles. The second-order valence-corrected chi connectivity index (χ2v) is 4.56. The smallest absolute Gasteiger partial charge is 0.251 e. The van der Waals surface area contributed by atoms with Gasteiger partial charge in [-0.15, -0.1) is 0 Å². The molecule has 0 atom stereocenters. The van der Waals surface area contributed by atoms with E-state index in [1.165, 1.54) is 0 Å². The molecule has 0 spiro atoms. The van der Waals surface area contributed by atoms with Gasteiger partial charge in [0.15, 0.2) is 0 Å². The Bertz CT molecular complexity index is 598. The molecule has 2 rings (SSSR count). The Morgan fingerprint density at radius 2 is 2.00 bits per heavy atom. The van der Waals surface area contributed by atoms with Gasteiger partial charge in [0, 0.05) is 38.6 Å². The lowest BCUT2D eigenvalue weighted by Crippen LogP contribution is -2.21. The van der Waals surface area contributed by atoms with Gasteiger partial charge in [0.25, 0.3) is 5.91 Å². The van der Waals surface area contributed by atoms with E-state index in [1.807, 2.05) is 24.1 Å². The molecule has 5 heteroatoms. The van der Waals surface area contributed by atoms with Crippen LogP contribution in [0, 0.1) is 0 Å². The van der Waals surface area contributed by atoms with Crippen molar-refractivity contribution >= 4 is 17.3 Å². The molecule has 0 radical (unpaired) electrons. The molecule has 0 saturated carbocycles. The van der Waals surface area contributed by atoms with Gasteiger partial charge in [0.1, 0.15) is 0 Å². The van der Waals surface area contributed by atoms with Crippen LogP contribution in [0.1, 0.15) is 15.9 Å². The summed E-state index contributed by atoms with van der Waals surface area (Å²) in [7, 11) is 3.55. The van der Waals surface area contributed by atoms with Crippen molar-refractivity contribution in [3.8, 4) is 0 Å². The Labute approximate surface area is 118 Å². The van der Waals surface area contributed by atoms with Crippen LogP contribution in [0.3, 0.4) is 0 Å². The van der Waals surface area contributed by atoms with Crippen LogP contribution in [0.15, 0.2) is 42.7 Å². The molecule has 20 heavy (non-hydrogen) atoms. The number of aromatic nitrogens is 1. The summed E-state index contributed by atoms with van der Waals surface area (Å²) >= 11 is 0. The summed E-state index contributed by atoms with van der Waals surface area (Å²) in [5, 5.41) is 2.61. The van der Waals surface area contributed by atoms with Gasteiger partial charge in [-0.1, -0.05) is 0 Å². The minimum Gasteiger partial charge on any atom is -0.397 e. The van der Waals surface area contributed by atoms with Crippen molar-refractivity contribution in [3.63, 3.8) is 0 Å². The maximum Gasteiger partial charge on any atom is 0.251 e. The van der Waals surface area contributed by atoms with Crippen molar-refractivity contribution in [2.24, 2.45) is 0 Å². The number of carbonyl (C=O) groups excluding carboxylic acids is 1. The number of benzene rings is 1. The van der Waals surface area contributed by atoms with Gasteiger partial charge in [-0.3, -0.25) is 9.78 Å². The van der Waals surface area contributed by atoms with Crippen LogP contribution in [0.2, 0.25) is 0 Å². The van der Waals surface area contributed by atoms with E-state index in [0.29, 0.717) is 17.8 Å². The standard InChI is InChI=1S/C15H18N4O/c1-17-15(20)12-3-4-13(16)14(9-12)19(2)10-11-5-7-18-8-6-11/h3-9H,10,16H2,1-2H3,(H,17,20). The molecule has 5 nitrogen and oxygen atoms in total. The quantitative estimate of drug-likeness (QED) is 0.829. The Balaban J connectivity index is 2.25. The van der Waals surface area contributed by atoms with Crippen LogP contribution >= 0.6 is 0 Å². The summed E-state index contributed by atoms with van der Waals surface area (Å²) in [6, 6.07) is 9.18. The SMILES string of the molecule is CNC(=O)c1ccc(N)c(N(C)Cc2ccncc2)c1. The van der Waals surface area contributed by atoms with Crippen molar-refractivity contribution in [1.82, 2.24) is 10.3 Å². The highest BCUT2D eigenvalue weighted by molar-refractivity contribution is 5.96. The van der Waals surface area contributed by atoms with Gasteiger partial charge in [-0.25, -0.2) is 0 Å². The fourth-order valence-electron chi connectivity index (χ4n) is 2.01. The number of nitrogens with two attached hydrogens (primary N) is 1. The van der Waals surface area contributed by atoms with Crippen LogP contribution in [-0.2, 0) is 6.54 Å². The second kappa shape index (κ2) is 6.06. The van der Waals surface area contributed by atoms with Crippen LogP contribution in [0.4, 0.5) is 11.4 Å². The predicted octanol–water partition coefficient (Wildman–Crippen LogP) is 1.66. The molecule has 0 aliphatic heterocycles. The number of anilines is 2. The molecule has 3 N–H and O–H groups in total. The number of pyridine rings is 1. The topological polar surface area (TPSA) is 71.2 Å². The number of carbonyl (C=O) groups is 1. The normalized spacial score (nSPS) is 10.1. The van der Waals surface area contributed by atoms with E-state index in [4.69, 9.17) is 5.73 Å². The molecule has 0 unspecified atom stereocenters. The third-order valence-electron chi connectivity index (χ3n) is 3.10. The van der Waals surface area contributed by atoms with E-state index in [9.17, 15) is 4.79 Å². The van der Waals surface area contributed by atoms with Gasteiger partial charge in [-0.2, -0.15) is 0 Å². The van der Waals surface area contributed by atoms with Crippen molar-refractivity contribution in [2.45, 2.75) is 6.54 Å². The van der Waals surface area contributed by atoms with Crippen molar-refractivity contribution in [1.29, 1.82) is 0 Å². The number of nitrogens with zero attached hydrogens (tertiary/aromatic N) is 2. The van der Waals surface area contributed by atoms with E-state index in [-0.39, 0.29) is 5.91 Å². The van der Waals surface area contributed by atoms with Crippen LogP contribution in [0.5, 0.6) is 0 Å². The van der Waals surface area contributed by atoms with Gasteiger partial charge < -0.3 is 16.0 Å².